The highest BCUT2D eigenvalue weighted by Crippen LogP contribution is 2.15. The van der Waals surface area contributed by atoms with Crippen molar-refractivity contribution in [3.8, 4) is 0 Å². The van der Waals surface area contributed by atoms with Crippen LogP contribution in [0.2, 0.25) is 0 Å². The van der Waals surface area contributed by atoms with Gasteiger partial charge in [-0.1, -0.05) is 6.92 Å². The van der Waals surface area contributed by atoms with Crippen LogP contribution < -0.4 is 11.1 Å². The maximum atomic E-state index is 11.9. The zero-order valence-corrected chi connectivity index (χ0v) is 13.7. The number of carbonyl (C=O) groups is 1. The molecule has 0 bridgehead atoms. The Morgan fingerprint density at radius 1 is 1.43 bits per heavy atom. The second kappa shape index (κ2) is 8.67. The monoisotopic (exact) mass is 321 g/mol. The van der Waals surface area contributed by atoms with Gasteiger partial charge in [-0.2, -0.15) is 0 Å². The molecule has 1 fully saturated rings. The Morgan fingerprint density at radius 3 is 2.52 bits per heavy atom. The number of hydrogen-bond acceptors (Lipinski definition) is 5. The van der Waals surface area contributed by atoms with E-state index in [2.05, 4.69) is 5.32 Å². The van der Waals surface area contributed by atoms with E-state index in [1.807, 2.05) is 6.92 Å². The van der Waals surface area contributed by atoms with Gasteiger partial charge in [0.15, 0.2) is 0 Å². The smallest absolute Gasteiger partial charge is 0.222 e. The van der Waals surface area contributed by atoms with Gasteiger partial charge >= 0.3 is 0 Å². The van der Waals surface area contributed by atoms with Crippen molar-refractivity contribution in [3.63, 3.8) is 0 Å². The summed E-state index contributed by atoms with van der Waals surface area (Å²) < 4.78 is 30.5. The first-order valence-electron chi connectivity index (χ1n) is 7.43. The molecule has 0 aromatic rings. The summed E-state index contributed by atoms with van der Waals surface area (Å²) in [6, 6.07) is 0.0286. The van der Waals surface area contributed by atoms with Gasteiger partial charge in [-0.25, -0.2) is 12.7 Å². The number of hydrogen-bond donors (Lipinski definition) is 2. The standard InChI is InChI=1S/C13H27N3O4S/c1-3-8-21(18,19)16-6-4-11(5-7-16)15-13(17)9-12(10-14)20-2/h11-12H,3-10,14H2,1-2H3,(H,15,17). The zero-order chi connectivity index (χ0) is 15.9. The SMILES string of the molecule is CCCS(=O)(=O)N1CCC(NC(=O)CC(CN)OC)CC1. The van der Waals surface area contributed by atoms with Crippen molar-refractivity contribution in [1.29, 1.82) is 0 Å². The Bertz CT molecular complexity index is 415. The number of piperidine rings is 1. The second-order valence-corrected chi connectivity index (χ2v) is 7.44. The van der Waals surface area contributed by atoms with Gasteiger partial charge in [-0.15, -0.1) is 0 Å². The van der Waals surface area contributed by atoms with E-state index < -0.39 is 10.0 Å². The summed E-state index contributed by atoms with van der Waals surface area (Å²) in [5.41, 5.74) is 5.48. The van der Waals surface area contributed by atoms with Gasteiger partial charge in [-0.05, 0) is 19.3 Å². The van der Waals surface area contributed by atoms with E-state index in [1.165, 1.54) is 11.4 Å². The summed E-state index contributed by atoms with van der Waals surface area (Å²) >= 11 is 0. The molecule has 0 aromatic carbocycles. The maximum Gasteiger partial charge on any atom is 0.222 e. The number of nitrogens with one attached hydrogen (secondary N) is 1. The minimum Gasteiger partial charge on any atom is -0.380 e. The van der Waals surface area contributed by atoms with Gasteiger partial charge < -0.3 is 15.8 Å². The molecule has 0 saturated carbocycles. The van der Waals surface area contributed by atoms with E-state index in [1.54, 1.807) is 0 Å². The fourth-order valence-electron chi connectivity index (χ4n) is 2.42. The van der Waals surface area contributed by atoms with Crippen molar-refractivity contribution in [2.24, 2.45) is 5.73 Å². The van der Waals surface area contributed by atoms with Crippen molar-refractivity contribution in [3.05, 3.63) is 0 Å². The maximum absolute atomic E-state index is 11.9. The zero-order valence-electron chi connectivity index (χ0n) is 12.9. The van der Waals surface area contributed by atoms with Gasteiger partial charge in [0, 0.05) is 32.8 Å². The molecule has 1 aliphatic heterocycles. The van der Waals surface area contributed by atoms with Crippen LogP contribution in [0.25, 0.3) is 0 Å². The molecule has 1 amide bonds. The minimum absolute atomic E-state index is 0.0286. The Balaban J connectivity index is 2.38. The molecule has 21 heavy (non-hydrogen) atoms. The Kier molecular flexibility index (Phi) is 7.58. The molecule has 7 nitrogen and oxygen atoms in total. The van der Waals surface area contributed by atoms with Gasteiger partial charge in [0.2, 0.25) is 15.9 Å². The van der Waals surface area contributed by atoms with Crippen molar-refractivity contribution in [2.75, 3.05) is 32.5 Å². The second-order valence-electron chi connectivity index (χ2n) is 5.35. The van der Waals surface area contributed by atoms with Crippen LogP contribution in [0.1, 0.15) is 32.6 Å². The van der Waals surface area contributed by atoms with Crippen LogP contribution in [0.5, 0.6) is 0 Å². The predicted octanol–water partition coefficient (Wildman–Crippen LogP) is -0.329. The van der Waals surface area contributed by atoms with Gasteiger partial charge in [-0.3, -0.25) is 4.79 Å². The van der Waals surface area contributed by atoms with Crippen LogP contribution in [0, 0.1) is 0 Å². The van der Waals surface area contributed by atoms with E-state index in [4.69, 9.17) is 10.5 Å². The quantitative estimate of drug-likeness (QED) is 0.637. The van der Waals surface area contributed by atoms with E-state index in [9.17, 15) is 13.2 Å². The molecular formula is C13H27N3O4S. The van der Waals surface area contributed by atoms with E-state index in [0.29, 0.717) is 38.9 Å². The first-order valence-corrected chi connectivity index (χ1v) is 9.03. The molecule has 1 aliphatic rings. The van der Waals surface area contributed by atoms with Crippen LogP contribution in [-0.2, 0) is 19.6 Å². The summed E-state index contributed by atoms with van der Waals surface area (Å²) in [5.74, 6) is 0.0953. The molecule has 8 heteroatoms. The van der Waals surface area contributed by atoms with Gasteiger partial charge in [0.05, 0.1) is 18.3 Å². The summed E-state index contributed by atoms with van der Waals surface area (Å²) in [4.78, 5) is 11.8. The molecular weight excluding hydrogens is 294 g/mol. The van der Waals surface area contributed by atoms with Crippen LogP contribution in [0.15, 0.2) is 0 Å². The van der Waals surface area contributed by atoms with Gasteiger partial charge in [0.25, 0.3) is 0 Å². The third-order valence-electron chi connectivity index (χ3n) is 3.68. The Hall–Kier alpha value is -0.700. The average molecular weight is 321 g/mol. The summed E-state index contributed by atoms with van der Waals surface area (Å²) in [6.07, 6.45) is 1.89. The molecule has 0 aliphatic carbocycles. The fraction of sp³-hybridized carbons (Fsp3) is 0.923. The number of ether oxygens (including phenoxy) is 1. The van der Waals surface area contributed by atoms with Crippen molar-refractivity contribution < 1.29 is 17.9 Å². The number of nitrogens with zero attached hydrogens (tertiary/aromatic N) is 1. The van der Waals surface area contributed by atoms with Crippen LogP contribution in [0.3, 0.4) is 0 Å². The Labute approximate surface area is 127 Å². The van der Waals surface area contributed by atoms with Crippen molar-refractivity contribution in [1.82, 2.24) is 9.62 Å². The molecule has 1 atom stereocenters. The molecule has 3 N–H and O–H groups in total. The summed E-state index contributed by atoms with van der Waals surface area (Å²) in [5, 5.41) is 2.93. The van der Waals surface area contributed by atoms with Crippen LogP contribution >= 0.6 is 0 Å². The number of nitrogens with two attached hydrogens (primary N) is 1. The normalized spacial score (nSPS) is 19.4. The highest BCUT2D eigenvalue weighted by Gasteiger charge is 2.28. The lowest BCUT2D eigenvalue weighted by Crippen LogP contribution is -2.47. The topological polar surface area (TPSA) is 102 Å². The molecule has 1 heterocycles. The highest BCUT2D eigenvalue weighted by atomic mass is 32.2. The van der Waals surface area contributed by atoms with Crippen molar-refractivity contribution in [2.45, 2.75) is 44.8 Å². The highest BCUT2D eigenvalue weighted by molar-refractivity contribution is 7.89. The van der Waals surface area contributed by atoms with E-state index >= 15 is 0 Å². The first kappa shape index (κ1) is 18.3. The molecule has 1 saturated heterocycles. The number of amides is 1. The largest absolute Gasteiger partial charge is 0.380 e. The van der Waals surface area contributed by atoms with E-state index in [0.717, 1.165) is 0 Å². The van der Waals surface area contributed by atoms with E-state index in [-0.39, 0.29) is 30.2 Å². The summed E-state index contributed by atoms with van der Waals surface area (Å²) in [6.45, 7) is 3.10. The average Bonchev–Trinajstić information content (AvgIpc) is 2.45. The van der Waals surface area contributed by atoms with Crippen LogP contribution in [0.4, 0.5) is 0 Å². The number of carbonyl (C=O) groups excluding carboxylic acids is 1. The molecule has 0 spiro atoms. The third kappa shape index (κ3) is 5.90. The molecule has 0 aromatic heterocycles. The lowest BCUT2D eigenvalue weighted by molar-refractivity contribution is -0.124. The number of sulfonamides is 1. The molecule has 0 radical (unpaired) electrons. The predicted molar refractivity (Wildman–Crippen MR) is 81.3 cm³/mol. The Morgan fingerprint density at radius 2 is 2.05 bits per heavy atom. The minimum atomic E-state index is -3.13. The molecule has 1 rings (SSSR count). The molecule has 124 valence electrons. The summed E-state index contributed by atoms with van der Waals surface area (Å²) in [7, 11) is -1.60. The number of methoxy groups -OCH3 is 1. The van der Waals surface area contributed by atoms with Crippen molar-refractivity contribution >= 4 is 15.9 Å². The van der Waals surface area contributed by atoms with Gasteiger partial charge in [0.1, 0.15) is 0 Å². The lowest BCUT2D eigenvalue weighted by Gasteiger charge is -2.31. The molecule has 1 unspecified atom stereocenters. The lowest BCUT2D eigenvalue weighted by atomic mass is 10.1. The van der Waals surface area contributed by atoms with Crippen LogP contribution in [-0.4, -0.2) is 63.3 Å². The third-order valence-corrected chi connectivity index (χ3v) is 5.76. The first-order chi connectivity index (χ1) is 9.92. The number of rotatable bonds is 8. The fourth-order valence-corrected chi connectivity index (χ4v) is 3.96.